The maximum absolute atomic E-state index is 6.83. The summed E-state index contributed by atoms with van der Waals surface area (Å²) in [5, 5.41) is 6.90. The maximum Gasteiger partial charge on any atom is 0.143 e. The minimum Gasteiger partial charge on any atom is -0.456 e. The second-order valence-corrected chi connectivity index (χ2v) is 22.3. The smallest absolute Gasteiger partial charge is 0.143 e. The van der Waals surface area contributed by atoms with Crippen molar-refractivity contribution in [2.45, 2.75) is 57.8 Å². The summed E-state index contributed by atoms with van der Waals surface area (Å²) in [7, 11) is 0. The molecule has 0 saturated heterocycles. The van der Waals surface area contributed by atoms with Gasteiger partial charge in [0.25, 0.3) is 0 Å². The van der Waals surface area contributed by atoms with E-state index in [2.05, 4.69) is 234 Å². The zero-order chi connectivity index (χ0) is 48.9. The van der Waals surface area contributed by atoms with Gasteiger partial charge in [-0.2, -0.15) is 0 Å². The van der Waals surface area contributed by atoms with Crippen molar-refractivity contribution in [1.82, 2.24) is 0 Å². The van der Waals surface area contributed by atoms with Crippen LogP contribution < -0.4 is 4.90 Å². The summed E-state index contributed by atoms with van der Waals surface area (Å²) < 4.78 is 19.9. The van der Waals surface area contributed by atoms with Crippen molar-refractivity contribution in [3.8, 4) is 44.5 Å². The summed E-state index contributed by atoms with van der Waals surface area (Å²) in [6.07, 6.45) is 0. The second kappa shape index (κ2) is 13.9. The van der Waals surface area contributed by atoms with Crippen molar-refractivity contribution in [3.05, 3.63) is 221 Å². The number of hydrogen-bond donors (Lipinski definition) is 0. The van der Waals surface area contributed by atoms with Gasteiger partial charge in [0, 0.05) is 60.1 Å². The molecule has 0 spiro atoms. The fourth-order valence-corrected chi connectivity index (χ4v) is 13.8. The van der Waals surface area contributed by atoms with Gasteiger partial charge in [0.15, 0.2) is 0 Å². The monoisotopic (exact) mass is 939 g/mol. The third kappa shape index (κ3) is 5.25. The Hall–Kier alpha value is -8.60. The highest BCUT2D eigenvalue weighted by atomic mass is 16.3. The van der Waals surface area contributed by atoms with Crippen LogP contribution in [0.15, 0.2) is 201 Å². The van der Waals surface area contributed by atoms with E-state index in [4.69, 9.17) is 13.3 Å². The van der Waals surface area contributed by atoms with E-state index >= 15 is 0 Å². The van der Waals surface area contributed by atoms with Gasteiger partial charge in [-0.1, -0.05) is 151 Å². The number of nitrogens with zero attached hydrogens (tertiary/aromatic N) is 1. The maximum atomic E-state index is 6.83. The molecule has 3 heterocycles. The van der Waals surface area contributed by atoms with Crippen molar-refractivity contribution in [3.63, 3.8) is 0 Å². The summed E-state index contributed by atoms with van der Waals surface area (Å²) in [6.45, 7) is 14.4. The first-order valence-electron chi connectivity index (χ1n) is 25.7. The van der Waals surface area contributed by atoms with Gasteiger partial charge in [-0.15, -0.1) is 0 Å². The van der Waals surface area contributed by atoms with Gasteiger partial charge >= 0.3 is 0 Å². The van der Waals surface area contributed by atoms with Crippen LogP contribution in [0.5, 0.6) is 0 Å². The molecule has 0 amide bonds. The van der Waals surface area contributed by atoms with E-state index < -0.39 is 0 Å². The Morgan fingerprint density at radius 3 is 1.52 bits per heavy atom. The topological polar surface area (TPSA) is 42.7 Å². The van der Waals surface area contributed by atoms with Crippen LogP contribution in [0.4, 0.5) is 17.1 Å². The van der Waals surface area contributed by atoms with Crippen LogP contribution in [0, 0.1) is 0 Å². The summed E-state index contributed by atoms with van der Waals surface area (Å²) in [6, 6.07) is 69.0. The van der Waals surface area contributed by atoms with Crippen LogP contribution in [0.3, 0.4) is 0 Å². The molecule has 0 unspecified atom stereocenters. The van der Waals surface area contributed by atoms with Gasteiger partial charge in [0.05, 0.1) is 11.1 Å². The fraction of sp³-hybridized carbons (Fsp3) is 0.130. The van der Waals surface area contributed by atoms with E-state index in [-0.39, 0.29) is 16.2 Å². The highest BCUT2D eigenvalue weighted by molar-refractivity contribution is 6.20. The molecule has 0 atom stereocenters. The SMILES string of the molecule is CC1(C)c2cc(N(c3ccc4c(c3)C(C)(C)c3cc(-c5ccccc5)c5oc6ccccc6c5c3-4)c3cccc4oc5ccccc5c34)ccc2-c2cc3c(cc21)-c1c(ccc2oc4ccccc4c12)C3(C)C. The lowest BCUT2D eigenvalue weighted by Gasteiger charge is -2.30. The first kappa shape index (κ1) is 41.1. The lowest BCUT2D eigenvalue weighted by Crippen LogP contribution is -2.18. The third-order valence-electron chi connectivity index (χ3n) is 17.4. The molecule has 3 aliphatic carbocycles. The van der Waals surface area contributed by atoms with Crippen LogP contribution in [0.25, 0.3) is 110 Å². The number of para-hydroxylation sites is 3. The first-order chi connectivity index (χ1) is 35.5. The zero-order valence-corrected chi connectivity index (χ0v) is 41.6. The molecular weight excluding hydrogens is 891 g/mol. The molecule has 0 saturated carbocycles. The Morgan fingerprint density at radius 2 is 0.808 bits per heavy atom. The van der Waals surface area contributed by atoms with E-state index in [1.165, 1.54) is 82.9 Å². The quantitative estimate of drug-likeness (QED) is 0.176. The Morgan fingerprint density at radius 1 is 0.315 bits per heavy atom. The van der Waals surface area contributed by atoms with Gasteiger partial charge in [-0.3, -0.25) is 0 Å². The normalized spacial score (nSPS) is 15.3. The molecule has 0 N–H and O–H groups in total. The number of rotatable bonds is 4. The lowest BCUT2D eigenvalue weighted by molar-refractivity contribution is 0.651. The Bertz CT molecular complexity index is 4590. The van der Waals surface area contributed by atoms with Crippen LogP contribution in [-0.2, 0) is 16.2 Å². The largest absolute Gasteiger partial charge is 0.456 e. The van der Waals surface area contributed by atoms with Crippen LogP contribution >= 0.6 is 0 Å². The third-order valence-corrected chi connectivity index (χ3v) is 17.4. The first-order valence-corrected chi connectivity index (χ1v) is 25.7. The molecule has 73 heavy (non-hydrogen) atoms. The Kier molecular flexibility index (Phi) is 7.80. The molecule has 0 fully saturated rings. The Balaban J connectivity index is 0.904. The summed E-state index contributed by atoms with van der Waals surface area (Å²) in [5.74, 6) is 0. The van der Waals surface area contributed by atoms with Crippen LogP contribution in [-0.4, -0.2) is 0 Å². The number of fused-ring (bicyclic) bond motifs is 20. The Labute approximate surface area is 422 Å². The highest BCUT2D eigenvalue weighted by Crippen LogP contribution is 2.60. The van der Waals surface area contributed by atoms with E-state index in [9.17, 15) is 0 Å². The van der Waals surface area contributed by atoms with Crippen molar-refractivity contribution in [2.75, 3.05) is 4.90 Å². The van der Waals surface area contributed by atoms with Crippen LogP contribution in [0.2, 0.25) is 0 Å². The average Bonchev–Trinajstić information content (AvgIpc) is 4.23. The molecule has 16 rings (SSSR count). The molecule has 0 bridgehead atoms. The molecule has 3 aliphatic rings. The van der Waals surface area contributed by atoms with Gasteiger partial charge in [0.1, 0.15) is 33.5 Å². The van der Waals surface area contributed by atoms with E-state index in [0.717, 1.165) is 77.8 Å². The lowest BCUT2D eigenvalue weighted by atomic mass is 9.79. The number of anilines is 3. The summed E-state index contributed by atoms with van der Waals surface area (Å²) in [4.78, 5) is 2.49. The predicted octanol–water partition coefficient (Wildman–Crippen LogP) is 19.4. The molecule has 10 aromatic carbocycles. The van der Waals surface area contributed by atoms with Crippen molar-refractivity contribution in [1.29, 1.82) is 0 Å². The molecule has 4 heteroatoms. The van der Waals surface area contributed by atoms with E-state index in [1.54, 1.807) is 0 Å². The summed E-state index contributed by atoms with van der Waals surface area (Å²) >= 11 is 0. The van der Waals surface area contributed by atoms with Crippen LogP contribution in [0.1, 0.15) is 74.9 Å². The minimum atomic E-state index is -0.334. The van der Waals surface area contributed by atoms with E-state index in [1.807, 2.05) is 0 Å². The standard InChI is InChI=1S/C69H49NO3/c1-67(2)49-31-32-60-64(44-20-11-14-24-57(44)72-60)62(49)48-37-52-47(36-53(48)67)41-29-27-39(33-50(41)68(52,3)4)70(55-22-16-26-59-63(55)43-19-10-13-23-56(43)71-59)40-28-30-42-51(34-40)69(5,6)54-35-46(38-17-8-7-9-18-38)66-65(61(42)54)45-21-12-15-25-58(45)73-66/h7-37H,1-6H3. The van der Waals surface area contributed by atoms with Crippen molar-refractivity contribution in [2.24, 2.45) is 0 Å². The second-order valence-electron chi connectivity index (χ2n) is 22.3. The van der Waals surface area contributed by atoms with Gasteiger partial charge in [0.2, 0.25) is 0 Å². The van der Waals surface area contributed by atoms with Crippen molar-refractivity contribution >= 4 is 82.9 Å². The van der Waals surface area contributed by atoms with Gasteiger partial charge in [-0.25, -0.2) is 0 Å². The summed E-state index contributed by atoms with van der Waals surface area (Å²) in [5.41, 5.74) is 25.9. The van der Waals surface area contributed by atoms with Crippen molar-refractivity contribution < 1.29 is 13.3 Å². The molecular formula is C69H49NO3. The predicted molar refractivity (Wildman–Crippen MR) is 301 cm³/mol. The molecule has 348 valence electrons. The zero-order valence-electron chi connectivity index (χ0n) is 41.6. The molecule has 3 aromatic heterocycles. The number of furan rings is 3. The molecule has 13 aromatic rings. The number of hydrogen-bond acceptors (Lipinski definition) is 4. The van der Waals surface area contributed by atoms with E-state index in [0.29, 0.717) is 0 Å². The minimum absolute atomic E-state index is 0.192. The van der Waals surface area contributed by atoms with Gasteiger partial charge in [-0.05, 0) is 151 Å². The average molecular weight is 940 g/mol. The fourth-order valence-electron chi connectivity index (χ4n) is 13.8. The molecule has 0 aliphatic heterocycles. The molecule has 4 nitrogen and oxygen atoms in total. The van der Waals surface area contributed by atoms with Gasteiger partial charge < -0.3 is 18.2 Å². The molecule has 0 radical (unpaired) electrons. The highest BCUT2D eigenvalue weighted by Gasteiger charge is 2.44. The number of benzene rings is 10.